The van der Waals surface area contributed by atoms with Crippen molar-refractivity contribution in [1.82, 2.24) is 19.1 Å². The molecule has 0 radical (unpaired) electrons. The Kier molecular flexibility index (Phi) is 5.80. The van der Waals surface area contributed by atoms with Crippen LogP contribution in [0.25, 0.3) is 10.9 Å². The number of nitrogens with zero attached hydrogens (tertiary/aromatic N) is 4. The number of rotatable bonds is 7. The number of fused-ring (bicyclic) bond motifs is 1. The summed E-state index contributed by atoms with van der Waals surface area (Å²) in [7, 11) is 0. The van der Waals surface area contributed by atoms with Gasteiger partial charge >= 0.3 is 17.3 Å². The molecule has 0 amide bonds. The third-order valence-electron chi connectivity index (χ3n) is 5.01. The minimum Gasteiger partial charge on any atom is -0.481 e. The Labute approximate surface area is 182 Å². The van der Waals surface area contributed by atoms with Crippen LogP contribution in [0.1, 0.15) is 17.5 Å². The highest BCUT2D eigenvalue weighted by atomic mass is 16.4. The van der Waals surface area contributed by atoms with Gasteiger partial charge in [0.2, 0.25) is 5.95 Å². The van der Waals surface area contributed by atoms with Crippen LogP contribution in [0.15, 0.2) is 70.4 Å². The summed E-state index contributed by atoms with van der Waals surface area (Å²) in [5, 5.41) is 12.9. The third kappa shape index (κ3) is 4.56. The first-order valence-corrected chi connectivity index (χ1v) is 10.0. The minimum atomic E-state index is -1.11. The zero-order valence-electron chi connectivity index (χ0n) is 17.4. The largest absolute Gasteiger partial charge is 0.481 e. The van der Waals surface area contributed by atoms with Crippen LogP contribution in [0.4, 0.5) is 11.6 Å². The van der Waals surface area contributed by atoms with Gasteiger partial charge in [-0.3, -0.25) is 14.3 Å². The summed E-state index contributed by atoms with van der Waals surface area (Å²) in [6.45, 7) is 1.86. The van der Waals surface area contributed by atoms with Crippen molar-refractivity contribution in [3.05, 3.63) is 92.9 Å². The van der Waals surface area contributed by atoms with E-state index in [9.17, 15) is 14.4 Å². The zero-order chi connectivity index (χ0) is 22.7. The molecule has 0 saturated carbocycles. The predicted molar refractivity (Wildman–Crippen MR) is 120 cm³/mol. The molecule has 0 unspecified atom stereocenters. The number of para-hydroxylation sites is 1. The molecule has 9 nitrogen and oxygen atoms in total. The molecule has 0 aliphatic rings. The Morgan fingerprint density at radius 3 is 2.56 bits per heavy atom. The molecule has 162 valence electrons. The SMILES string of the molecule is Cc1ccc(Cn2c(Nc3cnc4ccccc4c3)nc(=O)n(CCC(=O)O)c2=O)cc1. The number of nitrogens with one attached hydrogen (secondary N) is 1. The lowest BCUT2D eigenvalue weighted by atomic mass is 10.1. The first kappa shape index (κ1) is 21.0. The number of anilines is 2. The van der Waals surface area contributed by atoms with E-state index >= 15 is 0 Å². The van der Waals surface area contributed by atoms with Gasteiger partial charge < -0.3 is 10.4 Å². The highest BCUT2D eigenvalue weighted by Crippen LogP contribution is 2.19. The van der Waals surface area contributed by atoms with Crippen LogP contribution in [-0.4, -0.2) is 30.2 Å². The molecule has 2 heterocycles. The number of aryl methyl sites for hydroxylation is 1. The van der Waals surface area contributed by atoms with Gasteiger partial charge in [-0.2, -0.15) is 4.98 Å². The van der Waals surface area contributed by atoms with E-state index in [1.165, 1.54) is 4.57 Å². The molecule has 0 saturated heterocycles. The lowest BCUT2D eigenvalue weighted by Crippen LogP contribution is -2.43. The van der Waals surface area contributed by atoms with Gasteiger partial charge in [-0.05, 0) is 24.6 Å². The van der Waals surface area contributed by atoms with Crippen molar-refractivity contribution in [3.63, 3.8) is 0 Å². The standard InChI is InChI=1S/C23H21N5O4/c1-15-6-8-16(9-7-15)14-28-21(26-22(31)27(23(28)32)11-10-20(29)30)25-18-12-17-4-2-3-5-19(17)24-13-18/h2-9,12-13H,10-11,14H2,1H3,(H,29,30)(H,25,26,31). The maximum absolute atomic E-state index is 13.1. The number of aliphatic carboxylic acids is 1. The smallest absolute Gasteiger partial charge is 0.354 e. The number of hydrogen-bond acceptors (Lipinski definition) is 6. The molecule has 2 N–H and O–H groups in total. The van der Waals surface area contributed by atoms with E-state index in [0.29, 0.717) is 5.69 Å². The molecule has 32 heavy (non-hydrogen) atoms. The van der Waals surface area contributed by atoms with Crippen LogP contribution in [0.5, 0.6) is 0 Å². The lowest BCUT2D eigenvalue weighted by Gasteiger charge is -2.15. The topological polar surface area (TPSA) is 119 Å². The van der Waals surface area contributed by atoms with Crippen LogP contribution in [0, 0.1) is 6.92 Å². The summed E-state index contributed by atoms with van der Waals surface area (Å²) in [6.07, 6.45) is 1.24. The van der Waals surface area contributed by atoms with Crippen LogP contribution in [0.2, 0.25) is 0 Å². The van der Waals surface area contributed by atoms with Crippen molar-refractivity contribution < 1.29 is 9.90 Å². The van der Waals surface area contributed by atoms with Crippen molar-refractivity contribution in [3.8, 4) is 0 Å². The molecule has 9 heteroatoms. The maximum Gasteiger partial charge on any atom is 0.354 e. The van der Waals surface area contributed by atoms with Gasteiger partial charge in [0.15, 0.2) is 0 Å². The fourth-order valence-corrected chi connectivity index (χ4v) is 3.31. The number of carboxylic acid groups (broad SMARTS) is 1. The van der Waals surface area contributed by atoms with Crippen LogP contribution in [0.3, 0.4) is 0 Å². The second-order valence-electron chi connectivity index (χ2n) is 7.41. The molecule has 0 aliphatic carbocycles. The molecule has 4 rings (SSSR count). The van der Waals surface area contributed by atoms with Gasteiger partial charge in [0.1, 0.15) is 0 Å². The zero-order valence-corrected chi connectivity index (χ0v) is 17.4. The first-order chi connectivity index (χ1) is 15.4. The number of carboxylic acids is 1. The molecule has 0 fully saturated rings. The molecule has 0 bridgehead atoms. The Morgan fingerprint density at radius 1 is 1.06 bits per heavy atom. The summed E-state index contributed by atoms with van der Waals surface area (Å²) in [5.74, 6) is -1.05. The summed E-state index contributed by atoms with van der Waals surface area (Å²) < 4.78 is 2.16. The van der Waals surface area contributed by atoms with Crippen LogP contribution in [-0.2, 0) is 17.9 Å². The minimum absolute atomic E-state index is 0.0595. The van der Waals surface area contributed by atoms with E-state index in [1.807, 2.05) is 61.5 Å². The second-order valence-corrected chi connectivity index (χ2v) is 7.41. The second kappa shape index (κ2) is 8.84. The van der Waals surface area contributed by atoms with Gasteiger partial charge in [0.25, 0.3) is 0 Å². The van der Waals surface area contributed by atoms with Crippen LogP contribution < -0.4 is 16.7 Å². The summed E-state index contributed by atoms with van der Waals surface area (Å²) >= 11 is 0. The average molecular weight is 431 g/mol. The summed E-state index contributed by atoms with van der Waals surface area (Å²) in [6, 6.07) is 17.0. The molecule has 0 aliphatic heterocycles. The van der Waals surface area contributed by atoms with E-state index < -0.39 is 17.3 Å². The van der Waals surface area contributed by atoms with Gasteiger partial charge in [-0.15, -0.1) is 0 Å². The van der Waals surface area contributed by atoms with Gasteiger partial charge in [-0.1, -0.05) is 48.0 Å². The summed E-state index contributed by atoms with van der Waals surface area (Å²) in [4.78, 5) is 45.0. The van der Waals surface area contributed by atoms with Gasteiger partial charge in [0, 0.05) is 11.9 Å². The lowest BCUT2D eigenvalue weighted by molar-refractivity contribution is -0.137. The fraction of sp³-hybridized carbons (Fsp3) is 0.174. The average Bonchev–Trinajstić information content (AvgIpc) is 2.77. The van der Waals surface area contributed by atoms with Gasteiger partial charge in [-0.25, -0.2) is 14.2 Å². The van der Waals surface area contributed by atoms with Crippen molar-refractivity contribution in [2.24, 2.45) is 0 Å². The van der Waals surface area contributed by atoms with Crippen LogP contribution >= 0.6 is 0 Å². The Bertz CT molecular complexity index is 1410. The number of carbonyl (C=O) groups is 1. The third-order valence-corrected chi connectivity index (χ3v) is 5.01. The van der Waals surface area contributed by atoms with E-state index in [2.05, 4.69) is 15.3 Å². The van der Waals surface area contributed by atoms with E-state index in [1.54, 1.807) is 6.20 Å². The van der Waals surface area contributed by atoms with Crippen molar-refractivity contribution in [1.29, 1.82) is 0 Å². The van der Waals surface area contributed by atoms with Crippen molar-refractivity contribution in [2.45, 2.75) is 26.4 Å². The maximum atomic E-state index is 13.1. The Morgan fingerprint density at radius 2 is 1.81 bits per heavy atom. The monoisotopic (exact) mass is 431 g/mol. The number of pyridine rings is 1. The van der Waals surface area contributed by atoms with E-state index in [4.69, 9.17) is 5.11 Å². The molecule has 4 aromatic rings. The molecule has 2 aromatic carbocycles. The quantitative estimate of drug-likeness (QED) is 0.461. The highest BCUT2D eigenvalue weighted by Gasteiger charge is 2.15. The van der Waals surface area contributed by atoms with Crippen molar-refractivity contribution in [2.75, 3.05) is 5.32 Å². The number of benzene rings is 2. The number of hydrogen-bond donors (Lipinski definition) is 2. The molecule has 2 aromatic heterocycles. The normalized spacial score (nSPS) is 10.9. The Balaban J connectivity index is 1.78. The highest BCUT2D eigenvalue weighted by molar-refractivity contribution is 5.82. The molecular formula is C23H21N5O4. The number of aromatic nitrogens is 4. The fourth-order valence-electron chi connectivity index (χ4n) is 3.31. The Hall–Kier alpha value is -4.27. The first-order valence-electron chi connectivity index (χ1n) is 10.0. The summed E-state index contributed by atoms with van der Waals surface area (Å²) in [5.41, 5.74) is 1.84. The predicted octanol–water partition coefficient (Wildman–Crippen LogP) is 2.53. The molecular weight excluding hydrogens is 410 g/mol. The van der Waals surface area contributed by atoms with Gasteiger partial charge in [0.05, 0.1) is 30.4 Å². The molecule has 0 spiro atoms. The van der Waals surface area contributed by atoms with E-state index in [0.717, 1.165) is 26.6 Å². The van der Waals surface area contributed by atoms with Crippen molar-refractivity contribution >= 4 is 28.5 Å². The molecule has 0 atom stereocenters. The van der Waals surface area contributed by atoms with E-state index in [-0.39, 0.29) is 25.5 Å².